The van der Waals surface area contributed by atoms with Gasteiger partial charge in [-0.15, -0.1) is 11.3 Å². The predicted octanol–water partition coefficient (Wildman–Crippen LogP) is 7.24. The van der Waals surface area contributed by atoms with E-state index in [0.29, 0.717) is 27.0 Å². The Balaban J connectivity index is 1.10. The fourth-order valence-corrected chi connectivity index (χ4v) is 4.97. The number of nitrogens with one attached hydrogen (secondary N) is 3. The Hall–Kier alpha value is -4.87. The lowest BCUT2D eigenvalue weighted by Gasteiger charge is -2.09. The molecule has 0 aliphatic rings. The SMILES string of the molecule is O=C(COc1ccc(/C=N/NC(=O)c2ccc(-c3csc(Nc4ccccc4)n3)cc2)cc1Br)Nc1ccc(F)cc1. The van der Waals surface area contributed by atoms with Gasteiger partial charge in [0.1, 0.15) is 11.6 Å². The molecule has 1 heterocycles. The highest BCUT2D eigenvalue weighted by atomic mass is 79.9. The standard InChI is InChI=1S/C31H23BrFN5O3S/c32-26-16-20(6-15-28(26)41-18-29(39)35-25-13-11-23(33)12-14-25)17-34-38-30(40)22-9-7-21(8-10-22)27-19-42-31(37-27)36-24-4-2-1-3-5-24/h1-17,19H,18H2,(H,35,39)(H,36,37)(H,38,40)/b34-17+. The van der Waals surface area contributed by atoms with E-state index in [1.807, 2.05) is 47.8 Å². The van der Waals surface area contributed by atoms with Crippen molar-refractivity contribution in [3.8, 4) is 17.0 Å². The second-order valence-corrected chi connectivity index (χ2v) is 10.6. The second kappa shape index (κ2) is 13.7. The lowest BCUT2D eigenvalue weighted by molar-refractivity contribution is -0.118. The van der Waals surface area contributed by atoms with Gasteiger partial charge in [-0.2, -0.15) is 5.10 Å². The number of hydrazone groups is 1. The van der Waals surface area contributed by atoms with Crippen molar-refractivity contribution in [3.05, 3.63) is 124 Å². The molecule has 0 saturated carbocycles. The van der Waals surface area contributed by atoms with Crippen LogP contribution in [0.3, 0.4) is 0 Å². The van der Waals surface area contributed by atoms with Gasteiger partial charge in [-0.25, -0.2) is 14.8 Å². The minimum Gasteiger partial charge on any atom is -0.483 e. The first-order valence-electron chi connectivity index (χ1n) is 12.6. The van der Waals surface area contributed by atoms with Crippen LogP contribution >= 0.6 is 27.3 Å². The topological polar surface area (TPSA) is 105 Å². The highest BCUT2D eigenvalue weighted by molar-refractivity contribution is 9.10. The molecular weight excluding hydrogens is 621 g/mol. The predicted molar refractivity (Wildman–Crippen MR) is 167 cm³/mol. The molecule has 0 fully saturated rings. The van der Waals surface area contributed by atoms with Crippen molar-refractivity contribution in [2.45, 2.75) is 0 Å². The number of hydrogen-bond donors (Lipinski definition) is 3. The molecule has 4 aromatic carbocycles. The first kappa shape index (κ1) is 28.7. The number of ether oxygens (including phenoxy) is 1. The lowest BCUT2D eigenvalue weighted by atomic mass is 10.1. The van der Waals surface area contributed by atoms with E-state index in [0.717, 1.165) is 22.1 Å². The Kier molecular flexibility index (Phi) is 9.32. The highest BCUT2D eigenvalue weighted by Crippen LogP contribution is 2.28. The lowest BCUT2D eigenvalue weighted by Crippen LogP contribution is -2.20. The summed E-state index contributed by atoms with van der Waals surface area (Å²) in [6.45, 7) is -0.230. The third kappa shape index (κ3) is 7.87. The van der Waals surface area contributed by atoms with Crippen molar-refractivity contribution >= 4 is 61.8 Å². The molecule has 210 valence electrons. The number of thiazole rings is 1. The zero-order chi connectivity index (χ0) is 29.3. The van der Waals surface area contributed by atoms with E-state index in [2.05, 4.69) is 42.1 Å². The summed E-state index contributed by atoms with van der Waals surface area (Å²) >= 11 is 4.92. The number of hydrogen-bond acceptors (Lipinski definition) is 7. The van der Waals surface area contributed by atoms with Crippen LogP contribution in [0.1, 0.15) is 15.9 Å². The third-order valence-electron chi connectivity index (χ3n) is 5.79. The van der Waals surface area contributed by atoms with Crippen LogP contribution in [0.2, 0.25) is 0 Å². The first-order chi connectivity index (χ1) is 20.4. The van der Waals surface area contributed by atoms with E-state index in [4.69, 9.17) is 4.74 Å². The average Bonchev–Trinajstić information content (AvgIpc) is 3.47. The van der Waals surface area contributed by atoms with Crippen molar-refractivity contribution < 1.29 is 18.7 Å². The van der Waals surface area contributed by atoms with Gasteiger partial charge in [0.05, 0.1) is 16.4 Å². The van der Waals surface area contributed by atoms with E-state index in [9.17, 15) is 14.0 Å². The van der Waals surface area contributed by atoms with Gasteiger partial charge in [0.15, 0.2) is 11.7 Å². The molecule has 0 unspecified atom stereocenters. The van der Waals surface area contributed by atoms with Gasteiger partial charge in [0, 0.05) is 27.9 Å². The maximum atomic E-state index is 13.0. The minimum atomic E-state index is -0.385. The van der Waals surface area contributed by atoms with Crippen molar-refractivity contribution in [1.29, 1.82) is 0 Å². The Labute approximate surface area is 253 Å². The molecule has 5 aromatic rings. The number of carbonyl (C=O) groups is 2. The number of amides is 2. The van der Waals surface area contributed by atoms with Crippen LogP contribution in [-0.2, 0) is 4.79 Å². The minimum absolute atomic E-state index is 0.230. The molecule has 5 rings (SSSR count). The summed E-state index contributed by atoms with van der Waals surface area (Å²) in [6, 6.07) is 27.6. The summed E-state index contributed by atoms with van der Waals surface area (Å²) in [4.78, 5) is 29.3. The maximum Gasteiger partial charge on any atom is 0.271 e. The maximum absolute atomic E-state index is 13.0. The molecule has 0 aliphatic carbocycles. The van der Waals surface area contributed by atoms with Crippen molar-refractivity contribution in [2.24, 2.45) is 5.10 Å². The van der Waals surface area contributed by atoms with Crippen LogP contribution in [0, 0.1) is 5.82 Å². The number of aromatic nitrogens is 1. The third-order valence-corrected chi connectivity index (χ3v) is 7.17. The van der Waals surface area contributed by atoms with Gasteiger partial charge < -0.3 is 15.4 Å². The summed E-state index contributed by atoms with van der Waals surface area (Å²) < 4.78 is 19.2. The van der Waals surface area contributed by atoms with Gasteiger partial charge in [0.25, 0.3) is 11.8 Å². The van der Waals surface area contributed by atoms with Crippen LogP contribution in [0.4, 0.5) is 20.9 Å². The van der Waals surface area contributed by atoms with Crippen molar-refractivity contribution in [1.82, 2.24) is 10.4 Å². The highest BCUT2D eigenvalue weighted by Gasteiger charge is 2.09. The molecule has 0 aliphatic heterocycles. The van der Waals surface area contributed by atoms with Gasteiger partial charge in [-0.3, -0.25) is 9.59 Å². The van der Waals surface area contributed by atoms with Crippen molar-refractivity contribution in [3.63, 3.8) is 0 Å². The monoisotopic (exact) mass is 643 g/mol. The molecule has 0 saturated heterocycles. The van der Waals surface area contributed by atoms with E-state index in [1.54, 1.807) is 30.3 Å². The number of para-hydroxylation sites is 1. The van der Waals surface area contributed by atoms with Gasteiger partial charge in [-0.05, 0) is 88.2 Å². The summed E-state index contributed by atoms with van der Waals surface area (Å²) in [5, 5.41) is 12.7. The Bertz CT molecular complexity index is 1710. The fraction of sp³-hybridized carbons (Fsp3) is 0.0323. The van der Waals surface area contributed by atoms with Crippen LogP contribution in [0.5, 0.6) is 5.75 Å². The van der Waals surface area contributed by atoms with Gasteiger partial charge >= 0.3 is 0 Å². The Morgan fingerprint density at radius 1 is 0.952 bits per heavy atom. The zero-order valence-electron chi connectivity index (χ0n) is 21.9. The molecule has 0 atom stereocenters. The molecule has 1 aromatic heterocycles. The Morgan fingerprint density at radius 3 is 2.45 bits per heavy atom. The number of rotatable bonds is 10. The molecule has 42 heavy (non-hydrogen) atoms. The smallest absolute Gasteiger partial charge is 0.271 e. The average molecular weight is 645 g/mol. The normalized spacial score (nSPS) is 10.8. The number of anilines is 3. The number of carbonyl (C=O) groups excluding carboxylic acids is 2. The van der Waals surface area contributed by atoms with E-state index >= 15 is 0 Å². The van der Waals surface area contributed by atoms with Crippen molar-refractivity contribution in [2.75, 3.05) is 17.2 Å². The second-order valence-electron chi connectivity index (χ2n) is 8.84. The molecule has 8 nitrogen and oxygen atoms in total. The van der Waals surface area contributed by atoms with Crippen LogP contribution < -0.4 is 20.8 Å². The van der Waals surface area contributed by atoms with Crippen LogP contribution in [0.25, 0.3) is 11.3 Å². The quantitative estimate of drug-likeness (QED) is 0.110. The van der Waals surface area contributed by atoms with Gasteiger partial charge in [0.2, 0.25) is 0 Å². The number of nitrogens with zero attached hydrogens (tertiary/aromatic N) is 2. The summed E-state index contributed by atoms with van der Waals surface area (Å²) in [5.74, 6) is -0.669. The fourth-order valence-electron chi connectivity index (χ4n) is 3.72. The molecule has 11 heteroatoms. The summed E-state index contributed by atoms with van der Waals surface area (Å²) in [5.41, 5.74) is 6.82. The van der Waals surface area contributed by atoms with Gasteiger partial charge in [-0.1, -0.05) is 30.3 Å². The number of benzene rings is 4. The van der Waals surface area contributed by atoms with E-state index in [1.165, 1.54) is 41.8 Å². The first-order valence-corrected chi connectivity index (χ1v) is 14.3. The molecule has 0 spiro atoms. The summed E-state index contributed by atoms with van der Waals surface area (Å²) in [6.07, 6.45) is 1.50. The van der Waals surface area contributed by atoms with E-state index < -0.39 is 0 Å². The zero-order valence-corrected chi connectivity index (χ0v) is 24.3. The van der Waals surface area contributed by atoms with Crippen LogP contribution in [0.15, 0.2) is 112 Å². The van der Waals surface area contributed by atoms with Crippen LogP contribution in [-0.4, -0.2) is 29.6 Å². The molecule has 2 amide bonds. The Morgan fingerprint density at radius 2 is 1.71 bits per heavy atom. The van der Waals surface area contributed by atoms with E-state index in [-0.39, 0.29) is 24.2 Å². The largest absolute Gasteiger partial charge is 0.483 e. The molecular formula is C31H23BrFN5O3S. The number of halogens is 2. The molecule has 0 bridgehead atoms. The molecule has 3 N–H and O–H groups in total. The summed E-state index contributed by atoms with van der Waals surface area (Å²) in [7, 11) is 0. The molecule has 0 radical (unpaired) electrons.